The fourth-order valence-electron chi connectivity index (χ4n) is 2.60. The summed E-state index contributed by atoms with van der Waals surface area (Å²) in [6, 6.07) is 13.3. The Labute approximate surface area is 107 Å². The van der Waals surface area contributed by atoms with Crippen LogP contribution in [-0.4, -0.2) is 6.54 Å². The van der Waals surface area contributed by atoms with E-state index in [4.69, 9.17) is 0 Å². The van der Waals surface area contributed by atoms with Gasteiger partial charge in [0.05, 0.1) is 0 Å². The van der Waals surface area contributed by atoms with Crippen LogP contribution in [0.1, 0.15) is 23.1 Å². The molecule has 0 atom stereocenters. The lowest BCUT2D eigenvalue weighted by molar-refractivity contribution is 0.613. The first-order chi connectivity index (χ1) is 8.84. The van der Waals surface area contributed by atoms with Gasteiger partial charge in [0.25, 0.3) is 0 Å². The number of anilines is 1. The van der Waals surface area contributed by atoms with Gasteiger partial charge in [0, 0.05) is 18.7 Å². The second kappa shape index (κ2) is 4.81. The summed E-state index contributed by atoms with van der Waals surface area (Å²) in [5.74, 6) is -0.112. The van der Waals surface area contributed by atoms with Gasteiger partial charge in [0.2, 0.25) is 0 Å². The zero-order valence-electron chi connectivity index (χ0n) is 10.2. The third kappa shape index (κ3) is 2.10. The maximum atomic E-state index is 13.7. The Hall–Kier alpha value is -1.83. The summed E-state index contributed by atoms with van der Waals surface area (Å²) in [6.07, 6.45) is 2.92. The van der Waals surface area contributed by atoms with Gasteiger partial charge in [-0.05, 0) is 41.7 Å². The van der Waals surface area contributed by atoms with Crippen molar-refractivity contribution in [3.8, 4) is 0 Å². The molecular formula is C16H16FN. The van der Waals surface area contributed by atoms with Gasteiger partial charge in [-0.25, -0.2) is 4.39 Å². The Morgan fingerprint density at radius 3 is 2.72 bits per heavy atom. The molecule has 0 aliphatic carbocycles. The molecule has 3 rings (SSSR count). The SMILES string of the molecule is Fc1ccccc1Cc1cccc2c1CCCN2. The molecule has 1 aliphatic heterocycles. The molecule has 0 spiro atoms. The minimum Gasteiger partial charge on any atom is -0.385 e. The fourth-order valence-corrected chi connectivity index (χ4v) is 2.60. The van der Waals surface area contributed by atoms with Crippen LogP contribution in [0, 0.1) is 5.82 Å². The summed E-state index contributed by atoms with van der Waals surface area (Å²) in [5, 5.41) is 3.41. The Balaban J connectivity index is 1.96. The highest BCUT2D eigenvalue weighted by molar-refractivity contribution is 5.57. The second-order valence-corrected chi connectivity index (χ2v) is 4.74. The lowest BCUT2D eigenvalue weighted by Crippen LogP contribution is -2.13. The van der Waals surface area contributed by atoms with Crippen molar-refractivity contribution in [1.82, 2.24) is 0 Å². The quantitative estimate of drug-likeness (QED) is 0.843. The lowest BCUT2D eigenvalue weighted by Gasteiger charge is -2.21. The van der Waals surface area contributed by atoms with E-state index in [0.717, 1.165) is 24.9 Å². The van der Waals surface area contributed by atoms with Gasteiger partial charge in [-0.1, -0.05) is 30.3 Å². The van der Waals surface area contributed by atoms with Gasteiger partial charge >= 0.3 is 0 Å². The van der Waals surface area contributed by atoms with Crippen molar-refractivity contribution in [2.45, 2.75) is 19.3 Å². The summed E-state index contributed by atoms with van der Waals surface area (Å²) >= 11 is 0. The van der Waals surface area contributed by atoms with Gasteiger partial charge in [0.1, 0.15) is 5.82 Å². The monoisotopic (exact) mass is 241 g/mol. The van der Waals surface area contributed by atoms with E-state index >= 15 is 0 Å². The van der Waals surface area contributed by atoms with Crippen LogP contribution < -0.4 is 5.32 Å². The number of benzene rings is 2. The number of halogens is 1. The van der Waals surface area contributed by atoms with E-state index < -0.39 is 0 Å². The maximum absolute atomic E-state index is 13.7. The fraction of sp³-hybridized carbons (Fsp3) is 0.250. The van der Waals surface area contributed by atoms with Crippen molar-refractivity contribution in [3.63, 3.8) is 0 Å². The topological polar surface area (TPSA) is 12.0 Å². The predicted molar refractivity (Wildman–Crippen MR) is 72.5 cm³/mol. The highest BCUT2D eigenvalue weighted by Gasteiger charge is 2.13. The molecule has 0 fully saturated rings. The molecule has 0 bridgehead atoms. The summed E-state index contributed by atoms with van der Waals surface area (Å²) in [7, 11) is 0. The Kier molecular flexibility index (Phi) is 3.01. The first-order valence-corrected chi connectivity index (χ1v) is 6.42. The van der Waals surface area contributed by atoms with Gasteiger partial charge in [-0.3, -0.25) is 0 Å². The van der Waals surface area contributed by atoms with Crippen molar-refractivity contribution in [2.75, 3.05) is 11.9 Å². The molecule has 2 aromatic rings. The van der Waals surface area contributed by atoms with Crippen LogP contribution >= 0.6 is 0 Å². The highest BCUT2D eigenvalue weighted by atomic mass is 19.1. The minimum atomic E-state index is -0.112. The summed E-state index contributed by atoms with van der Waals surface area (Å²) < 4.78 is 13.7. The van der Waals surface area contributed by atoms with Crippen LogP contribution in [-0.2, 0) is 12.8 Å². The largest absolute Gasteiger partial charge is 0.385 e. The molecule has 0 amide bonds. The van der Waals surface area contributed by atoms with Crippen molar-refractivity contribution in [1.29, 1.82) is 0 Å². The zero-order valence-corrected chi connectivity index (χ0v) is 10.2. The zero-order chi connectivity index (χ0) is 12.4. The molecule has 0 unspecified atom stereocenters. The number of rotatable bonds is 2. The Morgan fingerprint density at radius 1 is 1.00 bits per heavy atom. The molecule has 0 saturated carbocycles. The molecule has 0 radical (unpaired) electrons. The van der Waals surface area contributed by atoms with Gasteiger partial charge in [0.15, 0.2) is 0 Å². The lowest BCUT2D eigenvalue weighted by atomic mass is 9.93. The molecule has 18 heavy (non-hydrogen) atoms. The van der Waals surface area contributed by atoms with Gasteiger partial charge in [-0.15, -0.1) is 0 Å². The van der Waals surface area contributed by atoms with Crippen molar-refractivity contribution in [2.24, 2.45) is 0 Å². The van der Waals surface area contributed by atoms with E-state index in [-0.39, 0.29) is 5.82 Å². The standard InChI is InChI=1S/C16H16FN/c17-15-8-2-1-5-13(15)11-12-6-3-9-16-14(12)7-4-10-18-16/h1-3,5-6,8-9,18H,4,7,10-11H2. The van der Waals surface area contributed by atoms with Crippen LogP contribution in [0.15, 0.2) is 42.5 Å². The summed E-state index contributed by atoms with van der Waals surface area (Å²) in [5.41, 5.74) is 4.59. The van der Waals surface area contributed by atoms with Crippen LogP contribution in [0.3, 0.4) is 0 Å². The maximum Gasteiger partial charge on any atom is 0.126 e. The molecule has 1 nitrogen and oxygen atoms in total. The van der Waals surface area contributed by atoms with Crippen LogP contribution in [0.4, 0.5) is 10.1 Å². The summed E-state index contributed by atoms with van der Waals surface area (Å²) in [6.45, 7) is 1.04. The first kappa shape index (κ1) is 11.3. The second-order valence-electron chi connectivity index (χ2n) is 4.74. The third-order valence-electron chi connectivity index (χ3n) is 3.53. The molecular weight excluding hydrogens is 225 g/mol. The molecule has 2 heteroatoms. The molecule has 1 heterocycles. The van der Waals surface area contributed by atoms with E-state index in [9.17, 15) is 4.39 Å². The average molecular weight is 241 g/mol. The molecule has 0 saturated heterocycles. The number of fused-ring (bicyclic) bond motifs is 1. The van der Waals surface area contributed by atoms with Crippen molar-refractivity contribution < 1.29 is 4.39 Å². The van der Waals surface area contributed by atoms with E-state index in [1.807, 2.05) is 18.2 Å². The molecule has 92 valence electrons. The van der Waals surface area contributed by atoms with Crippen LogP contribution in [0.2, 0.25) is 0 Å². The molecule has 0 aromatic heterocycles. The Bertz CT molecular complexity index is 563. The van der Waals surface area contributed by atoms with Gasteiger partial charge < -0.3 is 5.32 Å². The molecule has 2 aromatic carbocycles. The number of hydrogen-bond donors (Lipinski definition) is 1. The predicted octanol–water partition coefficient (Wildman–Crippen LogP) is 3.77. The van der Waals surface area contributed by atoms with E-state index in [2.05, 4.69) is 17.4 Å². The van der Waals surface area contributed by atoms with Crippen LogP contribution in [0.5, 0.6) is 0 Å². The third-order valence-corrected chi connectivity index (χ3v) is 3.53. The highest BCUT2D eigenvalue weighted by Crippen LogP contribution is 2.27. The van der Waals surface area contributed by atoms with Crippen molar-refractivity contribution >= 4 is 5.69 Å². The first-order valence-electron chi connectivity index (χ1n) is 6.42. The van der Waals surface area contributed by atoms with E-state index in [0.29, 0.717) is 6.42 Å². The summed E-state index contributed by atoms with van der Waals surface area (Å²) in [4.78, 5) is 0. The normalized spacial score (nSPS) is 13.8. The van der Waals surface area contributed by atoms with Crippen molar-refractivity contribution in [3.05, 3.63) is 65.0 Å². The Morgan fingerprint density at radius 2 is 1.83 bits per heavy atom. The van der Waals surface area contributed by atoms with Crippen LogP contribution in [0.25, 0.3) is 0 Å². The van der Waals surface area contributed by atoms with E-state index in [1.165, 1.54) is 22.9 Å². The minimum absolute atomic E-state index is 0.112. The molecule has 1 aliphatic rings. The van der Waals surface area contributed by atoms with E-state index in [1.54, 1.807) is 6.07 Å². The average Bonchev–Trinajstić information content (AvgIpc) is 2.42. The smallest absolute Gasteiger partial charge is 0.126 e. The number of hydrogen-bond acceptors (Lipinski definition) is 1. The van der Waals surface area contributed by atoms with Gasteiger partial charge in [-0.2, -0.15) is 0 Å². The molecule has 1 N–H and O–H groups in total. The number of nitrogens with one attached hydrogen (secondary N) is 1.